The van der Waals surface area contributed by atoms with Gasteiger partial charge in [0.25, 0.3) is 0 Å². The highest BCUT2D eigenvalue weighted by Crippen LogP contribution is 2.30. The number of nitrogens with one attached hydrogen (secondary N) is 2. The first-order valence-electron chi connectivity index (χ1n) is 7.44. The van der Waals surface area contributed by atoms with Crippen LogP contribution in [0.1, 0.15) is 16.7 Å². The first-order chi connectivity index (χ1) is 12.2. The summed E-state index contributed by atoms with van der Waals surface area (Å²) in [6, 6.07) is 8.20. The highest BCUT2D eigenvalue weighted by Gasteiger charge is 2.29. The average Bonchev–Trinajstić information content (AvgIpc) is 2.59. The Bertz CT molecular complexity index is 783. The summed E-state index contributed by atoms with van der Waals surface area (Å²) in [6.07, 6.45) is -4.34. The average molecular weight is 496 g/mol. The molecule has 0 aliphatic carbocycles. The summed E-state index contributed by atoms with van der Waals surface area (Å²) in [4.78, 5) is 0. The van der Waals surface area contributed by atoms with Crippen LogP contribution in [0.5, 0.6) is 11.5 Å². The number of alkyl halides is 3. The lowest BCUT2D eigenvalue weighted by molar-refractivity contribution is -0.137. The zero-order chi connectivity index (χ0) is 19.3. The molecule has 0 saturated heterocycles. The van der Waals surface area contributed by atoms with Crippen LogP contribution in [0.3, 0.4) is 0 Å². The Balaban J connectivity index is 1.88. The Hall–Kier alpha value is -1.75. The van der Waals surface area contributed by atoms with E-state index < -0.39 is 11.7 Å². The summed E-state index contributed by atoms with van der Waals surface area (Å²) >= 11 is 7.28. The van der Waals surface area contributed by atoms with Crippen LogP contribution >= 0.6 is 34.8 Å². The number of benzene rings is 2. The molecular formula is C17H16F3IN2O2S. The number of hydrogen-bond acceptors (Lipinski definition) is 3. The number of phenols is 1. The van der Waals surface area contributed by atoms with Gasteiger partial charge in [0.15, 0.2) is 16.6 Å². The van der Waals surface area contributed by atoms with E-state index in [0.29, 0.717) is 29.5 Å². The van der Waals surface area contributed by atoms with Crippen molar-refractivity contribution in [3.8, 4) is 11.5 Å². The molecule has 0 aromatic heterocycles. The molecule has 0 heterocycles. The molecule has 0 atom stereocenters. The lowest BCUT2D eigenvalue weighted by Gasteiger charge is -2.13. The van der Waals surface area contributed by atoms with E-state index in [4.69, 9.17) is 17.0 Å². The lowest BCUT2D eigenvalue weighted by atomic mass is 10.1. The van der Waals surface area contributed by atoms with Crippen LogP contribution in [-0.2, 0) is 19.3 Å². The largest absolute Gasteiger partial charge is 0.504 e. The van der Waals surface area contributed by atoms with E-state index in [0.717, 1.165) is 21.3 Å². The molecule has 26 heavy (non-hydrogen) atoms. The molecule has 9 heteroatoms. The Kier molecular flexibility index (Phi) is 6.93. The van der Waals surface area contributed by atoms with Crippen molar-refractivity contribution in [1.82, 2.24) is 10.6 Å². The van der Waals surface area contributed by atoms with Gasteiger partial charge in [-0.3, -0.25) is 0 Å². The number of ether oxygens (including phenoxy) is 1. The zero-order valence-electron chi connectivity index (χ0n) is 13.7. The maximum Gasteiger partial charge on any atom is 0.416 e. The third kappa shape index (κ3) is 5.63. The first-order valence-corrected chi connectivity index (χ1v) is 8.92. The van der Waals surface area contributed by atoms with Gasteiger partial charge in [0.2, 0.25) is 0 Å². The van der Waals surface area contributed by atoms with E-state index in [1.165, 1.54) is 19.2 Å². The molecule has 2 aromatic rings. The van der Waals surface area contributed by atoms with E-state index in [2.05, 4.69) is 33.2 Å². The molecule has 0 fully saturated rings. The highest BCUT2D eigenvalue weighted by atomic mass is 127. The lowest BCUT2D eigenvalue weighted by Crippen LogP contribution is -2.34. The van der Waals surface area contributed by atoms with Gasteiger partial charge in [-0.25, -0.2) is 0 Å². The number of rotatable bonds is 5. The minimum absolute atomic E-state index is 0.0589. The topological polar surface area (TPSA) is 53.5 Å². The predicted octanol–water partition coefficient (Wildman–Crippen LogP) is 4.19. The summed E-state index contributed by atoms with van der Waals surface area (Å²) in [5.74, 6) is 0.425. The Morgan fingerprint density at radius 2 is 1.77 bits per heavy atom. The smallest absolute Gasteiger partial charge is 0.416 e. The molecule has 0 bridgehead atoms. The van der Waals surface area contributed by atoms with Crippen molar-refractivity contribution in [2.45, 2.75) is 19.3 Å². The van der Waals surface area contributed by atoms with E-state index >= 15 is 0 Å². The fraction of sp³-hybridized carbons (Fsp3) is 0.235. The molecular weight excluding hydrogens is 480 g/mol. The normalized spacial score (nSPS) is 11.1. The van der Waals surface area contributed by atoms with Gasteiger partial charge in [-0.2, -0.15) is 13.2 Å². The minimum Gasteiger partial charge on any atom is -0.504 e. The fourth-order valence-corrected chi connectivity index (χ4v) is 2.90. The molecule has 0 saturated carbocycles. The van der Waals surface area contributed by atoms with E-state index in [9.17, 15) is 18.3 Å². The standard InChI is InChI=1S/C17H16F3IN2O2S/c1-25-15-6-11(13(21)7-14(15)24)9-23-16(26)22-8-10-2-4-12(5-3-10)17(18,19)20/h2-7,24H,8-9H2,1H3,(H2,22,23,26). The quantitative estimate of drug-likeness (QED) is 0.429. The van der Waals surface area contributed by atoms with Gasteiger partial charge in [-0.1, -0.05) is 12.1 Å². The van der Waals surface area contributed by atoms with Crippen molar-refractivity contribution < 1.29 is 23.0 Å². The Labute approximate surface area is 167 Å². The molecule has 4 nitrogen and oxygen atoms in total. The minimum atomic E-state index is -4.34. The summed E-state index contributed by atoms with van der Waals surface area (Å²) in [7, 11) is 1.47. The number of hydrogen-bond donors (Lipinski definition) is 3. The number of phenolic OH excluding ortho intramolecular Hbond substituents is 1. The SMILES string of the molecule is COc1cc(CNC(=S)NCc2ccc(C(F)(F)F)cc2)c(I)cc1O. The number of aromatic hydroxyl groups is 1. The second-order valence-corrected chi connectivity index (χ2v) is 6.92. The first kappa shape index (κ1) is 20.6. The van der Waals surface area contributed by atoms with Crippen molar-refractivity contribution >= 4 is 39.9 Å². The molecule has 3 N–H and O–H groups in total. The van der Waals surface area contributed by atoms with Crippen molar-refractivity contribution in [2.24, 2.45) is 0 Å². The van der Waals surface area contributed by atoms with Gasteiger partial charge in [-0.05, 0) is 70.2 Å². The summed E-state index contributed by atoms with van der Waals surface area (Å²) < 4.78 is 43.5. The predicted molar refractivity (Wildman–Crippen MR) is 105 cm³/mol. The Morgan fingerprint density at radius 3 is 2.35 bits per heavy atom. The molecule has 2 rings (SSSR count). The summed E-state index contributed by atoms with van der Waals surface area (Å²) in [5, 5.41) is 16.0. The van der Waals surface area contributed by atoms with Crippen LogP contribution in [0.4, 0.5) is 13.2 Å². The molecule has 0 amide bonds. The van der Waals surface area contributed by atoms with Crippen LogP contribution in [-0.4, -0.2) is 17.3 Å². The highest BCUT2D eigenvalue weighted by molar-refractivity contribution is 14.1. The van der Waals surface area contributed by atoms with Crippen LogP contribution in [0.15, 0.2) is 36.4 Å². The van der Waals surface area contributed by atoms with Crippen LogP contribution in [0.25, 0.3) is 0 Å². The molecule has 0 aliphatic rings. The maximum absolute atomic E-state index is 12.5. The second-order valence-electron chi connectivity index (χ2n) is 5.35. The van der Waals surface area contributed by atoms with Gasteiger partial charge in [0, 0.05) is 16.7 Å². The van der Waals surface area contributed by atoms with Gasteiger partial charge in [-0.15, -0.1) is 0 Å². The van der Waals surface area contributed by atoms with E-state index in [-0.39, 0.29) is 5.75 Å². The van der Waals surface area contributed by atoms with Crippen molar-refractivity contribution in [3.63, 3.8) is 0 Å². The second kappa shape index (κ2) is 8.76. The monoisotopic (exact) mass is 496 g/mol. The fourth-order valence-electron chi connectivity index (χ4n) is 2.12. The van der Waals surface area contributed by atoms with Crippen molar-refractivity contribution in [2.75, 3.05) is 7.11 Å². The van der Waals surface area contributed by atoms with Crippen LogP contribution in [0.2, 0.25) is 0 Å². The number of thiocarbonyl (C=S) groups is 1. The van der Waals surface area contributed by atoms with Gasteiger partial charge in [0.05, 0.1) is 12.7 Å². The molecule has 0 aliphatic heterocycles. The Morgan fingerprint density at radius 1 is 1.15 bits per heavy atom. The zero-order valence-corrected chi connectivity index (χ0v) is 16.6. The van der Waals surface area contributed by atoms with E-state index in [1.54, 1.807) is 12.1 Å². The number of methoxy groups -OCH3 is 1. The van der Waals surface area contributed by atoms with E-state index in [1.807, 2.05) is 0 Å². The number of halogens is 4. The van der Waals surface area contributed by atoms with Crippen molar-refractivity contribution in [3.05, 3.63) is 56.7 Å². The van der Waals surface area contributed by atoms with Crippen molar-refractivity contribution in [1.29, 1.82) is 0 Å². The van der Waals surface area contributed by atoms with Gasteiger partial charge < -0.3 is 20.5 Å². The molecule has 0 radical (unpaired) electrons. The molecule has 2 aromatic carbocycles. The van der Waals surface area contributed by atoms with Crippen LogP contribution in [0, 0.1) is 3.57 Å². The summed E-state index contributed by atoms with van der Waals surface area (Å²) in [5.41, 5.74) is 0.889. The third-order valence-corrected chi connectivity index (χ3v) is 4.81. The molecule has 0 spiro atoms. The summed E-state index contributed by atoms with van der Waals surface area (Å²) in [6.45, 7) is 0.716. The van der Waals surface area contributed by atoms with Gasteiger partial charge in [0.1, 0.15) is 0 Å². The molecule has 140 valence electrons. The third-order valence-electron chi connectivity index (χ3n) is 3.52. The van der Waals surface area contributed by atoms with Crippen LogP contribution < -0.4 is 15.4 Å². The maximum atomic E-state index is 12.5. The van der Waals surface area contributed by atoms with Gasteiger partial charge >= 0.3 is 6.18 Å². The molecule has 0 unspecified atom stereocenters.